The predicted molar refractivity (Wildman–Crippen MR) is 75.0 cm³/mol. The van der Waals surface area contributed by atoms with Crippen LogP contribution in [-0.2, 0) is 13.2 Å². The van der Waals surface area contributed by atoms with Gasteiger partial charge in [0.05, 0.1) is 6.20 Å². The van der Waals surface area contributed by atoms with Crippen LogP contribution in [0.15, 0.2) is 35.3 Å². The number of hydrogen-bond donors (Lipinski definition) is 0. The van der Waals surface area contributed by atoms with Crippen molar-refractivity contribution in [3.05, 3.63) is 56.4 Å². The van der Waals surface area contributed by atoms with Gasteiger partial charge in [0.2, 0.25) is 0 Å². The minimum Gasteiger partial charge on any atom is -0.485 e. The van der Waals surface area contributed by atoms with Crippen molar-refractivity contribution in [3.8, 4) is 5.75 Å². The Balaban J connectivity index is 2.16. The number of nitrogens with zero attached hydrogens (tertiary/aromatic N) is 2. The van der Waals surface area contributed by atoms with Crippen LogP contribution in [0.2, 0.25) is 10.0 Å². The van der Waals surface area contributed by atoms with Crippen molar-refractivity contribution >= 4 is 23.2 Å². The second-order valence-corrected chi connectivity index (χ2v) is 4.68. The first kappa shape index (κ1) is 13.9. The smallest absolute Gasteiger partial charge is 0.289 e. The van der Waals surface area contributed by atoms with E-state index in [-0.39, 0.29) is 22.9 Å². The summed E-state index contributed by atoms with van der Waals surface area (Å²) in [5.41, 5.74) is 0.538. The van der Waals surface area contributed by atoms with Gasteiger partial charge in [0.25, 0.3) is 5.56 Å². The van der Waals surface area contributed by atoms with E-state index in [0.717, 1.165) is 5.56 Å². The molecule has 1 aromatic carbocycles. The third kappa shape index (κ3) is 3.28. The molecule has 0 amide bonds. The highest BCUT2D eigenvalue weighted by atomic mass is 35.5. The summed E-state index contributed by atoms with van der Waals surface area (Å²) in [4.78, 5) is 11.8. The van der Waals surface area contributed by atoms with Gasteiger partial charge in [-0.1, -0.05) is 35.3 Å². The first-order valence-electron chi connectivity index (χ1n) is 5.74. The van der Waals surface area contributed by atoms with Crippen molar-refractivity contribution in [2.24, 2.45) is 0 Å². The molecule has 0 aliphatic heterocycles. The van der Waals surface area contributed by atoms with Crippen LogP contribution in [0.1, 0.15) is 12.5 Å². The highest BCUT2D eigenvalue weighted by Gasteiger charge is 2.09. The Bertz CT molecular complexity index is 641. The standard InChI is InChI=1S/C13H12Cl2N2O2/c1-2-17-13(18)12(15)11(7-16-17)19-8-9-4-3-5-10(14)6-9/h3-7H,2,8H2,1H3. The van der Waals surface area contributed by atoms with Crippen molar-refractivity contribution in [2.75, 3.05) is 0 Å². The van der Waals surface area contributed by atoms with E-state index in [2.05, 4.69) is 5.10 Å². The Labute approximate surface area is 120 Å². The molecule has 6 heteroatoms. The maximum atomic E-state index is 11.8. The average molecular weight is 299 g/mol. The molecule has 1 aromatic heterocycles. The third-order valence-corrected chi connectivity index (χ3v) is 3.12. The lowest BCUT2D eigenvalue weighted by Gasteiger charge is -2.09. The van der Waals surface area contributed by atoms with Crippen molar-refractivity contribution in [1.29, 1.82) is 0 Å². The van der Waals surface area contributed by atoms with Crippen LogP contribution in [0.4, 0.5) is 0 Å². The minimum atomic E-state index is -0.354. The Morgan fingerprint density at radius 2 is 2.16 bits per heavy atom. The lowest BCUT2D eigenvalue weighted by molar-refractivity contribution is 0.302. The zero-order chi connectivity index (χ0) is 13.8. The molecule has 0 aliphatic rings. The van der Waals surface area contributed by atoms with Crippen molar-refractivity contribution < 1.29 is 4.74 Å². The van der Waals surface area contributed by atoms with E-state index in [9.17, 15) is 4.79 Å². The van der Waals surface area contributed by atoms with Crippen LogP contribution in [-0.4, -0.2) is 9.78 Å². The normalized spacial score (nSPS) is 10.5. The molecule has 0 fully saturated rings. The monoisotopic (exact) mass is 298 g/mol. The van der Waals surface area contributed by atoms with E-state index in [1.807, 2.05) is 19.1 Å². The summed E-state index contributed by atoms with van der Waals surface area (Å²) in [6, 6.07) is 7.27. The maximum absolute atomic E-state index is 11.8. The lowest BCUT2D eigenvalue weighted by atomic mass is 10.2. The first-order chi connectivity index (χ1) is 9.11. The van der Waals surface area contributed by atoms with E-state index in [1.165, 1.54) is 10.9 Å². The molecule has 100 valence electrons. The van der Waals surface area contributed by atoms with Gasteiger partial charge in [-0.3, -0.25) is 4.79 Å². The van der Waals surface area contributed by atoms with Gasteiger partial charge in [0.1, 0.15) is 6.61 Å². The summed E-state index contributed by atoms with van der Waals surface area (Å²) in [6.07, 6.45) is 1.44. The molecule has 0 bridgehead atoms. The quantitative estimate of drug-likeness (QED) is 0.871. The molecule has 0 aliphatic carbocycles. The van der Waals surface area contributed by atoms with E-state index < -0.39 is 0 Å². The highest BCUT2D eigenvalue weighted by Crippen LogP contribution is 2.20. The van der Waals surface area contributed by atoms with E-state index in [1.54, 1.807) is 12.1 Å². The molecule has 0 saturated carbocycles. The second kappa shape index (κ2) is 6.08. The van der Waals surface area contributed by atoms with Gasteiger partial charge in [-0.05, 0) is 24.6 Å². The van der Waals surface area contributed by atoms with Crippen LogP contribution in [0.5, 0.6) is 5.75 Å². The van der Waals surface area contributed by atoms with E-state index in [0.29, 0.717) is 11.6 Å². The van der Waals surface area contributed by atoms with Gasteiger partial charge in [-0.2, -0.15) is 5.10 Å². The number of aryl methyl sites for hydroxylation is 1. The molecule has 0 saturated heterocycles. The first-order valence-corrected chi connectivity index (χ1v) is 6.50. The molecule has 2 rings (SSSR count). The van der Waals surface area contributed by atoms with Crippen LogP contribution >= 0.6 is 23.2 Å². The fraction of sp³-hybridized carbons (Fsp3) is 0.231. The second-order valence-electron chi connectivity index (χ2n) is 3.86. The van der Waals surface area contributed by atoms with Gasteiger partial charge in [-0.25, -0.2) is 4.68 Å². The average Bonchev–Trinajstić information content (AvgIpc) is 2.41. The molecule has 2 aromatic rings. The number of halogens is 2. The molecule has 0 N–H and O–H groups in total. The van der Waals surface area contributed by atoms with E-state index >= 15 is 0 Å². The van der Waals surface area contributed by atoms with Gasteiger partial charge < -0.3 is 4.74 Å². The number of ether oxygens (including phenoxy) is 1. The topological polar surface area (TPSA) is 44.1 Å². The summed E-state index contributed by atoms with van der Waals surface area (Å²) in [6.45, 7) is 2.56. The summed E-state index contributed by atoms with van der Waals surface area (Å²) < 4.78 is 6.76. The Morgan fingerprint density at radius 3 is 2.84 bits per heavy atom. The van der Waals surface area contributed by atoms with E-state index in [4.69, 9.17) is 27.9 Å². The Hall–Kier alpha value is -1.52. The summed E-state index contributed by atoms with van der Waals surface area (Å²) in [7, 11) is 0. The van der Waals surface area contributed by atoms with Crippen LogP contribution in [0, 0.1) is 0 Å². The Kier molecular flexibility index (Phi) is 4.45. The lowest BCUT2D eigenvalue weighted by Crippen LogP contribution is -2.22. The molecule has 19 heavy (non-hydrogen) atoms. The summed E-state index contributed by atoms with van der Waals surface area (Å²) in [5.74, 6) is 0.274. The highest BCUT2D eigenvalue weighted by molar-refractivity contribution is 6.31. The molecular formula is C13H12Cl2N2O2. The van der Waals surface area contributed by atoms with Crippen LogP contribution < -0.4 is 10.3 Å². The van der Waals surface area contributed by atoms with Gasteiger partial charge >= 0.3 is 0 Å². The zero-order valence-electron chi connectivity index (χ0n) is 10.3. The molecular weight excluding hydrogens is 287 g/mol. The van der Waals surface area contributed by atoms with Crippen molar-refractivity contribution in [2.45, 2.75) is 20.1 Å². The van der Waals surface area contributed by atoms with Crippen molar-refractivity contribution in [3.63, 3.8) is 0 Å². The fourth-order valence-corrected chi connectivity index (χ4v) is 1.98. The van der Waals surface area contributed by atoms with Crippen molar-refractivity contribution in [1.82, 2.24) is 9.78 Å². The number of benzene rings is 1. The SMILES string of the molecule is CCn1ncc(OCc2cccc(Cl)c2)c(Cl)c1=O. The van der Waals surface area contributed by atoms with Crippen LogP contribution in [0.25, 0.3) is 0 Å². The molecule has 0 radical (unpaired) electrons. The summed E-state index contributed by atoms with van der Waals surface area (Å²) >= 11 is 11.8. The minimum absolute atomic E-state index is 0.0406. The molecule has 1 heterocycles. The van der Waals surface area contributed by atoms with Crippen LogP contribution in [0.3, 0.4) is 0 Å². The molecule has 0 spiro atoms. The molecule has 0 atom stereocenters. The number of hydrogen-bond acceptors (Lipinski definition) is 3. The molecule has 0 unspecified atom stereocenters. The number of rotatable bonds is 4. The van der Waals surface area contributed by atoms with Gasteiger partial charge in [0.15, 0.2) is 10.8 Å². The predicted octanol–water partition coefficient (Wildman–Crippen LogP) is 3.15. The largest absolute Gasteiger partial charge is 0.485 e. The van der Waals surface area contributed by atoms with Gasteiger partial charge in [0, 0.05) is 11.6 Å². The molecule has 4 nitrogen and oxygen atoms in total. The number of aromatic nitrogens is 2. The fourth-order valence-electron chi connectivity index (χ4n) is 1.56. The zero-order valence-corrected chi connectivity index (χ0v) is 11.8. The third-order valence-electron chi connectivity index (χ3n) is 2.54. The Morgan fingerprint density at radius 1 is 1.37 bits per heavy atom. The summed E-state index contributed by atoms with van der Waals surface area (Å²) in [5, 5.41) is 4.63. The maximum Gasteiger partial charge on any atom is 0.289 e. The van der Waals surface area contributed by atoms with Gasteiger partial charge in [-0.15, -0.1) is 0 Å².